The highest BCUT2D eigenvalue weighted by Gasteiger charge is 2.62. The Hall–Kier alpha value is -5.14. The number of nitrogens with zero attached hydrogens (tertiary/aromatic N) is 2. The van der Waals surface area contributed by atoms with Gasteiger partial charge in [0.25, 0.3) is 0 Å². The Balaban J connectivity index is 1.46. The number of methoxy groups -OCH3 is 2. The van der Waals surface area contributed by atoms with Crippen molar-refractivity contribution in [3.63, 3.8) is 0 Å². The summed E-state index contributed by atoms with van der Waals surface area (Å²) in [4.78, 5) is 71.4. The smallest absolute Gasteiger partial charge is 0.408 e. The van der Waals surface area contributed by atoms with E-state index in [4.69, 9.17) is 18.9 Å². The van der Waals surface area contributed by atoms with E-state index in [2.05, 4.69) is 28.8 Å². The zero-order valence-electron chi connectivity index (χ0n) is 28.1. The first-order chi connectivity index (χ1) is 23.3. The quantitative estimate of drug-likeness (QED) is 0.221. The van der Waals surface area contributed by atoms with E-state index in [1.165, 1.54) is 25.2 Å². The molecular weight excluding hydrogens is 636 g/mol. The Labute approximate surface area is 283 Å². The molecule has 3 amide bonds. The predicted molar refractivity (Wildman–Crippen MR) is 176 cm³/mol. The Morgan fingerprint density at radius 2 is 1.84 bits per heavy atom. The van der Waals surface area contributed by atoms with Crippen molar-refractivity contribution in [2.45, 2.75) is 82.2 Å². The van der Waals surface area contributed by atoms with Gasteiger partial charge in [-0.3, -0.25) is 9.59 Å². The third-order valence-corrected chi connectivity index (χ3v) is 9.50. The number of alkyl carbamates (subject to hydrolysis) is 1. The number of rotatable bonds is 12. The summed E-state index contributed by atoms with van der Waals surface area (Å²) in [6.45, 7) is 10.9. The molecule has 5 atom stereocenters. The molecule has 14 nitrogen and oxygen atoms in total. The van der Waals surface area contributed by atoms with Gasteiger partial charge >= 0.3 is 18.0 Å². The van der Waals surface area contributed by atoms with Gasteiger partial charge in [-0.2, -0.15) is 0 Å². The lowest BCUT2D eigenvalue weighted by atomic mass is 10.1. The standard InChI is InChI=1S/C35H42N4O10/c1-7-20-16-35(20,33(44)47-6)38-30(40)25-14-22(17-39(25)31(41)28(18(2)3)37-34(45)49-21-10-8-9-11-21)48-27-15-24(32(42)43)36-29-19(4)26(46-5)13-12-23(27)29/h7,12-13,15,20-22,25,28H,1-2,8-11,14,16-17H2,3-6H3,(H,37,45)(H,38,40)(H,42,43)/t20-,22-,25+,28+,35-/m1/s1. The molecule has 1 aromatic heterocycles. The normalized spacial score (nSPS) is 23.7. The lowest BCUT2D eigenvalue weighted by molar-refractivity contribution is -0.148. The van der Waals surface area contributed by atoms with Crippen LogP contribution in [0.3, 0.4) is 0 Å². The predicted octanol–water partition coefficient (Wildman–Crippen LogP) is 3.45. The van der Waals surface area contributed by atoms with Crippen molar-refractivity contribution < 1.29 is 48.0 Å². The summed E-state index contributed by atoms with van der Waals surface area (Å²) >= 11 is 0. The highest BCUT2D eigenvalue weighted by Crippen LogP contribution is 2.45. The minimum atomic E-state index is -1.33. The van der Waals surface area contributed by atoms with Crippen molar-refractivity contribution in [2.24, 2.45) is 5.92 Å². The minimum absolute atomic E-state index is 0.0234. The van der Waals surface area contributed by atoms with E-state index in [-0.39, 0.29) is 42.9 Å². The van der Waals surface area contributed by atoms with Crippen LogP contribution < -0.4 is 20.1 Å². The van der Waals surface area contributed by atoms with Crippen LogP contribution in [0, 0.1) is 12.8 Å². The van der Waals surface area contributed by atoms with Crippen LogP contribution in [0.5, 0.6) is 11.5 Å². The molecule has 262 valence electrons. The molecule has 5 rings (SSSR count). The molecule has 1 aliphatic heterocycles. The number of amides is 3. The number of aromatic nitrogens is 1. The summed E-state index contributed by atoms with van der Waals surface area (Å²) in [6.07, 6.45) is 3.35. The summed E-state index contributed by atoms with van der Waals surface area (Å²) in [7, 11) is 2.71. The number of aryl methyl sites for hydroxylation is 1. The van der Waals surface area contributed by atoms with Gasteiger partial charge in [0, 0.05) is 29.4 Å². The van der Waals surface area contributed by atoms with Gasteiger partial charge in [-0.1, -0.05) is 12.7 Å². The Kier molecular flexibility index (Phi) is 10.2. The van der Waals surface area contributed by atoms with Crippen LogP contribution in [0.2, 0.25) is 0 Å². The molecule has 3 aliphatic rings. The van der Waals surface area contributed by atoms with E-state index in [0.29, 0.717) is 27.8 Å². The van der Waals surface area contributed by atoms with Crippen LogP contribution in [0.1, 0.15) is 61.5 Å². The molecule has 3 N–H and O–H groups in total. The number of carboxylic acids is 1. The summed E-state index contributed by atoms with van der Waals surface area (Å²) in [6, 6.07) is 2.32. The van der Waals surface area contributed by atoms with E-state index in [1.807, 2.05) is 0 Å². The lowest BCUT2D eigenvalue weighted by Crippen LogP contribution is -2.56. The number of nitrogens with one attached hydrogen (secondary N) is 2. The number of aromatic carboxylic acids is 1. The highest BCUT2D eigenvalue weighted by molar-refractivity contribution is 5.98. The van der Waals surface area contributed by atoms with Gasteiger partial charge in [-0.25, -0.2) is 19.4 Å². The van der Waals surface area contributed by atoms with Crippen LogP contribution in [0.4, 0.5) is 4.79 Å². The number of hydrogen-bond donors (Lipinski definition) is 3. The van der Waals surface area contributed by atoms with Gasteiger partial charge in [-0.05, 0) is 63.7 Å². The van der Waals surface area contributed by atoms with Crippen LogP contribution in [-0.2, 0) is 23.9 Å². The van der Waals surface area contributed by atoms with E-state index in [0.717, 1.165) is 25.7 Å². The second-order valence-corrected chi connectivity index (χ2v) is 12.8. The summed E-state index contributed by atoms with van der Waals surface area (Å²) < 4.78 is 22.3. The van der Waals surface area contributed by atoms with Crippen LogP contribution in [-0.4, -0.2) is 95.4 Å². The third-order valence-electron chi connectivity index (χ3n) is 9.50. The Morgan fingerprint density at radius 1 is 1.12 bits per heavy atom. The van der Waals surface area contributed by atoms with Crippen molar-refractivity contribution in [3.05, 3.63) is 54.3 Å². The number of benzene rings is 1. The van der Waals surface area contributed by atoms with Crippen molar-refractivity contribution in [1.82, 2.24) is 20.5 Å². The maximum atomic E-state index is 14.2. The lowest BCUT2D eigenvalue weighted by Gasteiger charge is -2.29. The average Bonchev–Trinajstić information content (AvgIpc) is 3.35. The summed E-state index contributed by atoms with van der Waals surface area (Å²) in [5, 5.41) is 15.7. The summed E-state index contributed by atoms with van der Waals surface area (Å²) in [5.74, 6) is -2.85. The first-order valence-electron chi connectivity index (χ1n) is 16.2. The Bertz CT molecular complexity index is 1700. The number of likely N-dealkylation sites (tertiary alicyclic amines) is 1. The van der Waals surface area contributed by atoms with Crippen molar-refractivity contribution in [2.75, 3.05) is 20.8 Å². The largest absolute Gasteiger partial charge is 0.496 e. The average molecular weight is 679 g/mol. The molecule has 2 saturated carbocycles. The molecule has 0 bridgehead atoms. The minimum Gasteiger partial charge on any atom is -0.496 e. The van der Waals surface area contributed by atoms with Gasteiger partial charge in [0.1, 0.15) is 41.3 Å². The molecule has 14 heteroatoms. The fourth-order valence-electron chi connectivity index (χ4n) is 6.72. The second-order valence-electron chi connectivity index (χ2n) is 12.8. The number of carboxylic acid groups (broad SMARTS) is 1. The van der Waals surface area contributed by atoms with Gasteiger partial charge < -0.3 is 39.6 Å². The van der Waals surface area contributed by atoms with Gasteiger partial charge in [0.15, 0.2) is 5.69 Å². The van der Waals surface area contributed by atoms with Gasteiger partial charge in [0.05, 0.1) is 26.3 Å². The number of pyridine rings is 1. The molecule has 2 heterocycles. The van der Waals surface area contributed by atoms with E-state index < -0.39 is 53.6 Å². The van der Waals surface area contributed by atoms with Crippen molar-refractivity contribution in [3.8, 4) is 11.5 Å². The molecule has 1 aromatic carbocycles. The number of carbonyl (C=O) groups is 5. The molecule has 0 spiro atoms. The monoisotopic (exact) mass is 678 g/mol. The maximum absolute atomic E-state index is 14.2. The molecule has 0 radical (unpaired) electrons. The Morgan fingerprint density at radius 3 is 2.43 bits per heavy atom. The van der Waals surface area contributed by atoms with Crippen LogP contribution in [0.25, 0.3) is 10.9 Å². The fraction of sp³-hybridized carbons (Fsp3) is 0.486. The molecule has 0 unspecified atom stereocenters. The zero-order chi connectivity index (χ0) is 35.6. The topological polar surface area (TPSA) is 183 Å². The first-order valence-corrected chi connectivity index (χ1v) is 16.2. The number of fused-ring (bicyclic) bond motifs is 1. The van der Waals surface area contributed by atoms with E-state index in [1.54, 1.807) is 32.1 Å². The SMILES string of the molecule is C=C[C@@H]1C[C@]1(NC(=O)[C@@H]1C[C@@H](Oc2cc(C(=O)O)nc3c(C)c(OC)ccc23)CN1C(=O)[C@@H](NC(=O)OC1CCCC1)C(=C)C)C(=O)OC. The van der Waals surface area contributed by atoms with Gasteiger partial charge in [0.2, 0.25) is 11.8 Å². The van der Waals surface area contributed by atoms with Crippen LogP contribution in [0.15, 0.2) is 43.0 Å². The fourth-order valence-corrected chi connectivity index (χ4v) is 6.72. The van der Waals surface area contributed by atoms with E-state index in [9.17, 15) is 29.1 Å². The zero-order valence-corrected chi connectivity index (χ0v) is 28.1. The van der Waals surface area contributed by atoms with Gasteiger partial charge in [-0.15, -0.1) is 6.58 Å². The molecule has 2 aliphatic carbocycles. The number of hydrogen-bond acceptors (Lipinski definition) is 10. The van der Waals surface area contributed by atoms with Crippen molar-refractivity contribution in [1.29, 1.82) is 0 Å². The van der Waals surface area contributed by atoms with E-state index >= 15 is 0 Å². The van der Waals surface area contributed by atoms with Crippen LogP contribution >= 0.6 is 0 Å². The second kappa shape index (κ2) is 14.1. The molecule has 1 saturated heterocycles. The molecular formula is C35H42N4O10. The first kappa shape index (κ1) is 35.2. The number of ether oxygens (including phenoxy) is 4. The third kappa shape index (κ3) is 7.03. The highest BCUT2D eigenvalue weighted by atomic mass is 16.6. The molecule has 49 heavy (non-hydrogen) atoms. The molecule has 3 fully saturated rings. The number of carbonyl (C=O) groups excluding carboxylic acids is 4. The number of esters is 1. The maximum Gasteiger partial charge on any atom is 0.408 e. The van der Waals surface area contributed by atoms with Crippen molar-refractivity contribution >= 4 is 40.7 Å². The molecule has 2 aromatic rings. The summed E-state index contributed by atoms with van der Waals surface area (Å²) in [5.41, 5.74) is -0.330.